The van der Waals surface area contributed by atoms with Gasteiger partial charge in [0.15, 0.2) is 0 Å². The van der Waals surface area contributed by atoms with Gasteiger partial charge in [-0.1, -0.05) is 41.6 Å². The zero-order valence-electron chi connectivity index (χ0n) is 15.4. The van der Waals surface area contributed by atoms with Crippen molar-refractivity contribution in [2.75, 3.05) is 13.7 Å². The maximum absolute atomic E-state index is 12.5. The molecule has 1 aliphatic heterocycles. The van der Waals surface area contributed by atoms with Crippen LogP contribution in [0, 0.1) is 6.92 Å². The fourth-order valence-electron chi connectivity index (χ4n) is 3.42. The maximum Gasteiger partial charge on any atom is 0.232 e. The largest absolute Gasteiger partial charge is 0.496 e. The molecule has 0 aliphatic carbocycles. The van der Waals surface area contributed by atoms with Crippen molar-refractivity contribution >= 4 is 5.91 Å². The molecule has 3 aromatic rings. The van der Waals surface area contributed by atoms with Gasteiger partial charge in [0.25, 0.3) is 0 Å². The number of amides is 1. The van der Waals surface area contributed by atoms with E-state index in [0.29, 0.717) is 37.0 Å². The van der Waals surface area contributed by atoms with Gasteiger partial charge in [0, 0.05) is 19.5 Å². The highest BCUT2D eigenvalue weighted by atomic mass is 16.5. The van der Waals surface area contributed by atoms with Crippen molar-refractivity contribution < 1.29 is 14.1 Å². The normalized spacial score (nSPS) is 16.7. The van der Waals surface area contributed by atoms with Gasteiger partial charge in [0.2, 0.25) is 17.6 Å². The summed E-state index contributed by atoms with van der Waals surface area (Å²) in [4.78, 5) is 18.9. The number of carbonyl (C=O) groups is 1. The number of carbonyl (C=O) groups excluding carboxylic acids is 1. The fraction of sp³-hybridized carbons (Fsp3) is 0.286. The number of methoxy groups -OCH3 is 1. The molecule has 138 valence electrons. The molecule has 0 saturated carbocycles. The summed E-state index contributed by atoms with van der Waals surface area (Å²) in [7, 11) is 1.61. The number of hydrogen-bond donors (Lipinski definition) is 0. The Kier molecular flexibility index (Phi) is 4.62. The zero-order chi connectivity index (χ0) is 18.8. The summed E-state index contributed by atoms with van der Waals surface area (Å²) >= 11 is 0. The van der Waals surface area contributed by atoms with Crippen LogP contribution in [0.4, 0.5) is 0 Å². The number of nitrogens with zero attached hydrogens (tertiary/aromatic N) is 3. The van der Waals surface area contributed by atoms with Crippen molar-refractivity contribution in [3.8, 4) is 17.1 Å². The van der Waals surface area contributed by atoms with E-state index in [1.807, 2.05) is 41.3 Å². The Morgan fingerprint density at radius 3 is 2.78 bits per heavy atom. The van der Waals surface area contributed by atoms with Crippen molar-refractivity contribution in [2.24, 2.45) is 0 Å². The number of ether oxygens (including phenoxy) is 1. The third-order valence-corrected chi connectivity index (χ3v) is 4.98. The number of hydrogen-bond acceptors (Lipinski definition) is 5. The molecular weight excluding hydrogens is 342 g/mol. The van der Waals surface area contributed by atoms with Gasteiger partial charge < -0.3 is 14.2 Å². The molecule has 1 aliphatic rings. The molecule has 0 radical (unpaired) electrons. The van der Waals surface area contributed by atoms with Crippen LogP contribution in [0.15, 0.2) is 53.1 Å². The molecule has 1 saturated heterocycles. The standard InChI is InChI=1S/C21H21N3O3/c1-14-7-3-4-8-15(14)12-24-13-16(11-19(24)25)21-22-20(23-27-21)17-9-5-6-10-18(17)26-2/h3-10,16H,11-13H2,1-2H3. The highest BCUT2D eigenvalue weighted by Gasteiger charge is 2.34. The van der Waals surface area contributed by atoms with E-state index in [1.54, 1.807) is 7.11 Å². The third-order valence-electron chi connectivity index (χ3n) is 4.98. The van der Waals surface area contributed by atoms with E-state index in [-0.39, 0.29) is 11.8 Å². The number of aryl methyl sites for hydroxylation is 1. The second-order valence-electron chi connectivity index (χ2n) is 6.76. The van der Waals surface area contributed by atoms with Crippen LogP contribution < -0.4 is 4.74 Å². The molecule has 1 atom stereocenters. The Balaban J connectivity index is 1.51. The molecule has 27 heavy (non-hydrogen) atoms. The molecule has 1 unspecified atom stereocenters. The Bertz CT molecular complexity index is 967. The van der Waals surface area contributed by atoms with E-state index in [4.69, 9.17) is 9.26 Å². The lowest BCUT2D eigenvalue weighted by molar-refractivity contribution is -0.128. The zero-order valence-corrected chi connectivity index (χ0v) is 15.4. The molecule has 1 aromatic heterocycles. The van der Waals surface area contributed by atoms with Gasteiger partial charge in [-0.05, 0) is 30.2 Å². The maximum atomic E-state index is 12.5. The predicted octanol–water partition coefficient (Wildman–Crippen LogP) is 3.57. The Labute approximate surface area is 157 Å². The highest BCUT2D eigenvalue weighted by Crippen LogP contribution is 2.32. The molecular formula is C21H21N3O3. The summed E-state index contributed by atoms with van der Waals surface area (Å²) < 4.78 is 10.8. The predicted molar refractivity (Wildman–Crippen MR) is 100 cm³/mol. The summed E-state index contributed by atoms with van der Waals surface area (Å²) in [5.41, 5.74) is 3.12. The Morgan fingerprint density at radius 1 is 1.19 bits per heavy atom. The van der Waals surface area contributed by atoms with Crippen molar-refractivity contribution in [1.29, 1.82) is 0 Å². The van der Waals surface area contributed by atoms with Crippen molar-refractivity contribution in [2.45, 2.75) is 25.8 Å². The van der Waals surface area contributed by atoms with E-state index in [1.165, 1.54) is 5.56 Å². The van der Waals surface area contributed by atoms with Crippen LogP contribution in [0.1, 0.15) is 29.4 Å². The first-order valence-electron chi connectivity index (χ1n) is 8.95. The molecule has 0 bridgehead atoms. The van der Waals surface area contributed by atoms with E-state index in [0.717, 1.165) is 11.1 Å². The van der Waals surface area contributed by atoms with Crippen LogP contribution in [0.2, 0.25) is 0 Å². The third kappa shape index (κ3) is 3.43. The van der Waals surface area contributed by atoms with E-state index in [2.05, 4.69) is 29.2 Å². The molecule has 2 heterocycles. The van der Waals surface area contributed by atoms with E-state index >= 15 is 0 Å². The first kappa shape index (κ1) is 17.3. The summed E-state index contributed by atoms with van der Waals surface area (Å²) in [5, 5.41) is 4.09. The van der Waals surface area contributed by atoms with Gasteiger partial charge in [-0.2, -0.15) is 4.98 Å². The number of aromatic nitrogens is 2. The van der Waals surface area contributed by atoms with Crippen LogP contribution in [0.25, 0.3) is 11.4 Å². The van der Waals surface area contributed by atoms with Crippen molar-refractivity contribution in [3.63, 3.8) is 0 Å². The molecule has 4 rings (SSSR count). The number of para-hydroxylation sites is 1. The van der Waals surface area contributed by atoms with Gasteiger partial charge in [0.1, 0.15) is 5.75 Å². The summed E-state index contributed by atoms with van der Waals surface area (Å²) in [6.45, 7) is 3.25. The van der Waals surface area contributed by atoms with Crippen molar-refractivity contribution in [3.05, 3.63) is 65.5 Å². The van der Waals surface area contributed by atoms with E-state index < -0.39 is 0 Å². The van der Waals surface area contributed by atoms with Crippen LogP contribution in [-0.4, -0.2) is 34.6 Å². The quantitative estimate of drug-likeness (QED) is 0.693. The Morgan fingerprint density at radius 2 is 1.96 bits per heavy atom. The molecule has 0 N–H and O–H groups in total. The Hall–Kier alpha value is -3.15. The van der Waals surface area contributed by atoms with E-state index in [9.17, 15) is 4.79 Å². The second kappa shape index (κ2) is 7.23. The summed E-state index contributed by atoms with van der Waals surface area (Å²) in [6, 6.07) is 15.7. The SMILES string of the molecule is COc1ccccc1-c1noc(C2CC(=O)N(Cc3ccccc3C)C2)n1. The topological polar surface area (TPSA) is 68.5 Å². The second-order valence-corrected chi connectivity index (χ2v) is 6.76. The first-order chi connectivity index (χ1) is 13.2. The number of likely N-dealkylation sites (tertiary alicyclic amines) is 1. The lowest BCUT2D eigenvalue weighted by Gasteiger charge is -2.17. The minimum Gasteiger partial charge on any atom is -0.496 e. The molecule has 2 aromatic carbocycles. The van der Waals surface area contributed by atoms with Crippen LogP contribution in [0.3, 0.4) is 0 Å². The average Bonchev–Trinajstić information content (AvgIpc) is 3.31. The van der Waals surface area contributed by atoms with Crippen LogP contribution >= 0.6 is 0 Å². The van der Waals surface area contributed by atoms with Gasteiger partial charge in [-0.15, -0.1) is 0 Å². The molecule has 0 spiro atoms. The smallest absolute Gasteiger partial charge is 0.232 e. The van der Waals surface area contributed by atoms with Gasteiger partial charge in [0.05, 0.1) is 18.6 Å². The molecule has 6 heteroatoms. The lowest BCUT2D eigenvalue weighted by Crippen LogP contribution is -2.24. The van der Waals surface area contributed by atoms with Crippen molar-refractivity contribution in [1.82, 2.24) is 15.0 Å². The summed E-state index contributed by atoms with van der Waals surface area (Å²) in [5.74, 6) is 1.69. The fourth-order valence-corrected chi connectivity index (χ4v) is 3.42. The minimum absolute atomic E-state index is 0.0857. The molecule has 1 fully saturated rings. The average molecular weight is 363 g/mol. The number of benzene rings is 2. The van der Waals surface area contributed by atoms with Crippen LogP contribution in [0.5, 0.6) is 5.75 Å². The lowest BCUT2D eigenvalue weighted by atomic mass is 10.1. The van der Waals surface area contributed by atoms with Crippen LogP contribution in [-0.2, 0) is 11.3 Å². The molecule has 1 amide bonds. The summed E-state index contributed by atoms with van der Waals surface area (Å²) in [6.07, 6.45) is 0.388. The minimum atomic E-state index is -0.0857. The monoisotopic (exact) mass is 363 g/mol. The first-order valence-corrected chi connectivity index (χ1v) is 8.95. The highest BCUT2D eigenvalue weighted by molar-refractivity contribution is 5.79. The van der Waals surface area contributed by atoms with Gasteiger partial charge >= 0.3 is 0 Å². The number of rotatable bonds is 5. The van der Waals surface area contributed by atoms with Gasteiger partial charge in [-0.25, -0.2) is 0 Å². The van der Waals surface area contributed by atoms with Gasteiger partial charge in [-0.3, -0.25) is 4.79 Å². The molecule has 6 nitrogen and oxygen atoms in total.